The van der Waals surface area contributed by atoms with Gasteiger partial charge in [0.2, 0.25) is 0 Å². The topological polar surface area (TPSA) is 17.8 Å². The summed E-state index contributed by atoms with van der Waals surface area (Å²) >= 11 is 14.2. The largest absolute Gasteiger partial charge is 0.318 e. The fourth-order valence-electron chi connectivity index (χ4n) is 2.47. The van der Waals surface area contributed by atoms with Crippen LogP contribution in [0.5, 0.6) is 0 Å². The van der Waals surface area contributed by atoms with E-state index in [0.29, 0.717) is 10.9 Å². The average molecular weight is 325 g/mol. The predicted octanol–water partition coefficient (Wildman–Crippen LogP) is 5.41. The lowest BCUT2D eigenvalue weighted by molar-refractivity contribution is 0.644. The molecule has 0 saturated carbocycles. The highest BCUT2D eigenvalue weighted by Gasteiger charge is 2.19. The highest BCUT2D eigenvalue weighted by molar-refractivity contribution is 7.12. The molecule has 1 unspecified atom stereocenters. The molecule has 2 nitrogen and oxygen atoms in total. The zero-order chi connectivity index (χ0) is 14.3. The quantitative estimate of drug-likeness (QED) is 0.589. The number of imidazole rings is 1. The van der Waals surface area contributed by atoms with E-state index in [1.807, 2.05) is 18.2 Å². The van der Waals surface area contributed by atoms with Crippen molar-refractivity contribution in [3.8, 4) is 0 Å². The van der Waals surface area contributed by atoms with Crippen molar-refractivity contribution in [2.24, 2.45) is 0 Å². The molecule has 0 amide bonds. The van der Waals surface area contributed by atoms with Crippen LogP contribution in [0.3, 0.4) is 0 Å². The first kappa shape index (κ1) is 13.9. The third-order valence-electron chi connectivity index (χ3n) is 3.41. The SMILES string of the molecule is Cc1ccc(C(C)n2c(CCl)nc3cccc(Cl)c32)s1. The summed E-state index contributed by atoms with van der Waals surface area (Å²) in [6.45, 7) is 4.27. The van der Waals surface area contributed by atoms with Crippen molar-refractivity contribution in [1.82, 2.24) is 9.55 Å². The molecule has 104 valence electrons. The minimum absolute atomic E-state index is 0.173. The molecule has 3 rings (SSSR count). The van der Waals surface area contributed by atoms with Gasteiger partial charge >= 0.3 is 0 Å². The van der Waals surface area contributed by atoms with E-state index in [0.717, 1.165) is 16.9 Å². The second-order valence-electron chi connectivity index (χ2n) is 4.76. The highest BCUT2D eigenvalue weighted by Crippen LogP contribution is 2.33. The van der Waals surface area contributed by atoms with Crippen molar-refractivity contribution < 1.29 is 0 Å². The number of hydrogen-bond acceptors (Lipinski definition) is 2. The molecule has 0 radical (unpaired) electrons. The van der Waals surface area contributed by atoms with Crippen LogP contribution in [0, 0.1) is 6.92 Å². The van der Waals surface area contributed by atoms with Crippen molar-refractivity contribution in [3.63, 3.8) is 0 Å². The molecular formula is C15H14Cl2N2S. The van der Waals surface area contributed by atoms with Crippen LogP contribution in [0.1, 0.15) is 28.5 Å². The van der Waals surface area contributed by atoms with Crippen molar-refractivity contribution >= 4 is 45.6 Å². The van der Waals surface area contributed by atoms with Crippen molar-refractivity contribution in [2.75, 3.05) is 0 Å². The van der Waals surface area contributed by atoms with Gasteiger partial charge < -0.3 is 4.57 Å². The number of benzene rings is 1. The molecule has 0 spiro atoms. The molecule has 0 aliphatic rings. The molecule has 0 aliphatic heterocycles. The van der Waals surface area contributed by atoms with Crippen LogP contribution in [-0.4, -0.2) is 9.55 Å². The number of alkyl halides is 1. The van der Waals surface area contributed by atoms with Gasteiger partial charge in [0.15, 0.2) is 0 Å². The van der Waals surface area contributed by atoms with Crippen LogP contribution in [0.25, 0.3) is 11.0 Å². The Morgan fingerprint density at radius 2 is 2.10 bits per heavy atom. The Morgan fingerprint density at radius 1 is 1.30 bits per heavy atom. The fraction of sp³-hybridized carbons (Fsp3) is 0.267. The molecule has 20 heavy (non-hydrogen) atoms. The average Bonchev–Trinajstić information content (AvgIpc) is 3.02. The van der Waals surface area contributed by atoms with Crippen molar-refractivity contribution in [2.45, 2.75) is 25.8 Å². The molecule has 5 heteroatoms. The zero-order valence-electron chi connectivity index (χ0n) is 11.2. The van der Waals surface area contributed by atoms with Gasteiger partial charge in [-0.2, -0.15) is 0 Å². The number of thiophene rings is 1. The van der Waals surface area contributed by atoms with Crippen LogP contribution in [0.15, 0.2) is 30.3 Å². The van der Waals surface area contributed by atoms with E-state index in [4.69, 9.17) is 23.2 Å². The molecule has 2 heterocycles. The fourth-order valence-corrected chi connectivity index (χ4v) is 3.84. The van der Waals surface area contributed by atoms with E-state index in [-0.39, 0.29) is 6.04 Å². The number of hydrogen-bond donors (Lipinski definition) is 0. The molecule has 2 aromatic heterocycles. The monoisotopic (exact) mass is 324 g/mol. The molecule has 0 saturated heterocycles. The van der Waals surface area contributed by atoms with Crippen LogP contribution in [0.2, 0.25) is 5.02 Å². The van der Waals surface area contributed by atoms with E-state index >= 15 is 0 Å². The van der Waals surface area contributed by atoms with Gasteiger partial charge in [-0.3, -0.25) is 0 Å². The van der Waals surface area contributed by atoms with Gasteiger partial charge in [0.05, 0.1) is 28.0 Å². The normalized spacial score (nSPS) is 13.0. The van der Waals surface area contributed by atoms with Gasteiger partial charge in [-0.25, -0.2) is 4.98 Å². The molecule has 1 atom stereocenters. The number of rotatable bonds is 3. The summed E-state index contributed by atoms with van der Waals surface area (Å²) in [4.78, 5) is 7.18. The smallest absolute Gasteiger partial charge is 0.125 e. The summed E-state index contributed by atoms with van der Waals surface area (Å²) < 4.78 is 2.15. The Labute approximate surface area is 132 Å². The molecule has 0 bridgehead atoms. The summed E-state index contributed by atoms with van der Waals surface area (Å²) in [5.41, 5.74) is 1.86. The summed E-state index contributed by atoms with van der Waals surface area (Å²) in [7, 11) is 0. The number of fused-ring (bicyclic) bond motifs is 1. The lowest BCUT2D eigenvalue weighted by Crippen LogP contribution is -2.08. The molecule has 0 N–H and O–H groups in total. The van der Waals surface area contributed by atoms with Crippen LogP contribution < -0.4 is 0 Å². The third kappa shape index (κ3) is 2.24. The van der Waals surface area contributed by atoms with Gasteiger partial charge in [-0.1, -0.05) is 17.7 Å². The van der Waals surface area contributed by atoms with E-state index < -0.39 is 0 Å². The Morgan fingerprint density at radius 3 is 2.75 bits per heavy atom. The first-order valence-corrected chi connectivity index (χ1v) is 8.12. The van der Waals surface area contributed by atoms with Crippen LogP contribution in [0.4, 0.5) is 0 Å². The first-order chi connectivity index (χ1) is 9.61. The predicted molar refractivity (Wildman–Crippen MR) is 87.2 cm³/mol. The molecular weight excluding hydrogens is 311 g/mol. The Kier molecular flexibility index (Phi) is 3.76. The Balaban J connectivity index is 2.23. The molecule has 0 aliphatic carbocycles. The van der Waals surface area contributed by atoms with E-state index in [1.54, 1.807) is 11.3 Å². The van der Waals surface area contributed by atoms with Gasteiger partial charge in [-0.05, 0) is 38.1 Å². The lowest BCUT2D eigenvalue weighted by atomic mass is 10.2. The second-order valence-corrected chi connectivity index (χ2v) is 6.76. The lowest BCUT2D eigenvalue weighted by Gasteiger charge is -2.16. The maximum absolute atomic E-state index is 6.37. The van der Waals surface area contributed by atoms with Gasteiger partial charge in [0.25, 0.3) is 0 Å². The maximum atomic E-state index is 6.37. The third-order valence-corrected chi connectivity index (χ3v) is 5.13. The van der Waals surface area contributed by atoms with Crippen molar-refractivity contribution in [3.05, 3.63) is 50.9 Å². The summed E-state index contributed by atoms with van der Waals surface area (Å²) in [6, 6.07) is 10.3. The molecule has 0 fully saturated rings. The standard InChI is InChI=1S/C15H14Cl2N2S/c1-9-6-7-13(20-9)10(2)19-14(8-16)18-12-5-3-4-11(17)15(12)19/h3-7,10H,8H2,1-2H3. The minimum atomic E-state index is 0.173. The zero-order valence-corrected chi connectivity index (χ0v) is 13.6. The van der Waals surface area contributed by atoms with Gasteiger partial charge in [0, 0.05) is 9.75 Å². The Hall–Kier alpha value is -1.03. The number of aromatic nitrogens is 2. The summed E-state index contributed by atoms with van der Waals surface area (Å²) in [5.74, 6) is 1.23. The van der Waals surface area contributed by atoms with E-state index in [9.17, 15) is 0 Å². The number of halogens is 2. The van der Waals surface area contributed by atoms with Crippen LogP contribution >= 0.6 is 34.5 Å². The minimum Gasteiger partial charge on any atom is -0.318 e. The summed E-state index contributed by atoms with van der Waals surface area (Å²) in [5, 5.41) is 0.714. The second kappa shape index (κ2) is 5.40. The molecule has 3 aromatic rings. The van der Waals surface area contributed by atoms with Gasteiger partial charge in [-0.15, -0.1) is 22.9 Å². The highest BCUT2D eigenvalue weighted by atomic mass is 35.5. The number of aryl methyl sites for hydroxylation is 1. The first-order valence-electron chi connectivity index (χ1n) is 6.39. The van der Waals surface area contributed by atoms with E-state index in [1.165, 1.54) is 9.75 Å². The summed E-state index contributed by atoms with van der Waals surface area (Å²) in [6.07, 6.45) is 0. The Bertz CT molecular complexity index is 760. The maximum Gasteiger partial charge on any atom is 0.125 e. The number of nitrogens with zero attached hydrogens (tertiary/aromatic N) is 2. The van der Waals surface area contributed by atoms with Crippen LogP contribution in [-0.2, 0) is 5.88 Å². The van der Waals surface area contributed by atoms with E-state index in [2.05, 4.69) is 35.5 Å². The number of para-hydroxylation sites is 1. The van der Waals surface area contributed by atoms with Crippen molar-refractivity contribution in [1.29, 1.82) is 0 Å². The molecule has 1 aromatic carbocycles. The van der Waals surface area contributed by atoms with Gasteiger partial charge in [0.1, 0.15) is 5.82 Å².